The topological polar surface area (TPSA) is 213 Å². The van der Waals surface area contributed by atoms with Gasteiger partial charge in [0.15, 0.2) is 18.3 Å². The van der Waals surface area contributed by atoms with Gasteiger partial charge >= 0.3 is 30.0 Å². The Morgan fingerprint density at radius 3 is 2.03 bits per heavy atom. The Bertz CT molecular complexity index is 1940. The van der Waals surface area contributed by atoms with E-state index < -0.39 is 83.8 Å². The van der Waals surface area contributed by atoms with Crippen LogP contribution in [-0.4, -0.2) is 105 Å². The number of amides is 2. The first-order chi connectivity index (χ1) is 27.5. The highest BCUT2D eigenvalue weighted by atomic mass is 32.2. The number of aromatic nitrogens is 3. The zero-order chi connectivity index (χ0) is 42.1. The number of carbonyl (C=O) groups is 6. The molecule has 17 nitrogen and oxygen atoms in total. The minimum Gasteiger partial charge on any atom is -0.460 e. The van der Waals surface area contributed by atoms with E-state index >= 15 is 0 Å². The number of fused-ring (bicyclic) bond motifs is 3. The minimum atomic E-state index is -1.36. The van der Waals surface area contributed by atoms with E-state index in [1.54, 1.807) is 20.8 Å². The van der Waals surface area contributed by atoms with Crippen LogP contribution in [0.2, 0.25) is 0 Å². The third-order valence-corrected chi connectivity index (χ3v) is 10.0. The summed E-state index contributed by atoms with van der Waals surface area (Å²) in [5.41, 5.74) is 2.80. The maximum atomic E-state index is 13.5. The molecule has 3 unspecified atom stereocenters. The predicted octanol–water partition coefficient (Wildman–Crippen LogP) is 3.81. The van der Waals surface area contributed by atoms with Gasteiger partial charge in [0.1, 0.15) is 35.5 Å². The molecule has 0 radical (unpaired) electrons. The van der Waals surface area contributed by atoms with Crippen molar-refractivity contribution in [3.63, 3.8) is 0 Å². The number of hydrogen-bond donors (Lipinski definition) is 2. The zero-order valence-electron chi connectivity index (χ0n) is 33.4. The van der Waals surface area contributed by atoms with Crippen molar-refractivity contribution in [2.24, 2.45) is 0 Å². The van der Waals surface area contributed by atoms with Crippen LogP contribution >= 0.6 is 11.8 Å². The summed E-state index contributed by atoms with van der Waals surface area (Å²) in [6.07, 6.45) is -4.26. The number of rotatable bonds is 15. The van der Waals surface area contributed by atoms with Crippen molar-refractivity contribution in [1.29, 1.82) is 0 Å². The van der Waals surface area contributed by atoms with Gasteiger partial charge in [0.05, 0.1) is 25.7 Å². The van der Waals surface area contributed by atoms with Crippen LogP contribution in [0.1, 0.15) is 77.6 Å². The van der Waals surface area contributed by atoms with Crippen molar-refractivity contribution in [2.75, 3.05) is 12.4 Å². The summed E-state index contributed by atoms with van der Waals surface area (Å²) < 4.78 is 35.4. The number of hydrogen-bond acceptors (Lipinski definition) is 15. The molecule has 2 aliphatic rings. The van der Waals surface area contributed by atoms with Crippen LogP contribution in [0.4, 0.5) is 4.79 Å². The van der Waals surface area contributed by atoms with Gasteiger partial charge in [-0.25, -0.2) is 9.48 Å². The van der Waals surface area contributed by atoms with E-state index in [1.165, 1.54) is 43.4 Å². The molecule has 2 heterocycles. The summed E-state index contributed by atoms with van der Waals surface area (Å²) in [5, 5.41) is 13.5. The Morgan fingerprint density at radius 1 is 0.862 bits per heavy atom. The second kappa shape index (κ2) is 19.3. The van der Waals surface area contributed by atoms with Crippen LogP contribution < -0.4 is 10.6 Å². The monoisotopic (exact) mass is 823 g/mol. The maximum absolute atomic E-state index is 13.5. The summed E-state index contributed by atoms with van der Waals surface area (Å²) in [6.45, 7) is 10.3. The second-order valence-electron chi connectivity index (χ2n) is 14.7. The van der Waals surface area contributed by atoms with Crippen molar-refractivity contribution in [3.8, 4) is 11.1 Å². The van der Waals surface area contributed by atoms with Gasteiger partial charge in [0, 0.05) is 26.7 Å². The molecule has 18 heteroatoms. The molecule has 0 saturated carbocycles. The normalized spacial score (nSPS) is 20.4. The Balaban J connectivity index is 1.26. The Hall–Kier alpha value is -5.49. The van der Waals surface area contributed by atoms with Crippen molar-refractivity contribution >= 4 is 47.6 Å². The molecule has 1 aliphatic carbocycles. The molecular weight excluding hydrogens is 775 g/mol. The van der Waals surface area contributed by atoms with Gasteiger partial charge in [0.2, 0.25) is 5.91 Å². The van der Waals surface area contributed by atoms with Crippen LogP contribution in [0.15, 0.2) is 54.7 Å². The predicted molar refractivity (Wildman–Crippen MR) is 208 cm³/mol. The van der Waals surface area contributed by atoms with E-state index in [1.807, 2.05) is 55.5 Å². The van der Waals surface area contributed by atoms with Crippen LogP contribution in [-0.2, 0) is 65.5 Å². The molecule has 2 N–H and O–H groups in total. The number of ether oxygens (including phenoxy) is 6. The Morgan fingerprint density at radius 2 is 1.45 bits per heavy atom. The fourth-order valence-electron chi connectivity index (χ4n) is 6.84. The highest BCUT2D eigenvalue weighted by Crippen LogP contribution is 2.44. The van der Waals surface area contributed by atoms with E-state index in [0.717, 1.165) is 22.3 Å². The van der Waals surface area contributed by atoms with Gasteiger partial charge in [-0.15, -0.1) is 16.9 Å². The van der Waals surface area contributed by atoms with Gasteiger partial charge in [-0.3, -0.25) is 24.0 Å². The lowest BCUT2D eigenvalue weighted by molar-refractivity contribution is -0.233. The summed E-state index contributed by atoms with van der Waals surface area (Å²) in [5.74, 6) is -3.10. The second-order valence-corrected chi connectivity index (χ2v) is 16.1. The molecule has 1 aromatic heterocycles. The highest BCUT2D eigenvalue weighted by Gasteiger charge is 2.52. The lowest BCUT2D eigenvalue weighted by atomic mass is 9.98. The fourth-order valence-corrected chi connectivity index (χ4v) is 7.79. The molecule has 6 atom stereocenters. The number of esters is 4. The van der Waals surface area contributed by atoms with Crippen molar-refractivity contribution in [3.05, 3.63) is 71.5 Å². The van der Waals surface area contributed by atoms with Crippen LogP contribution in [0.5, 0.6) is 0 Å². The third kappa shape index (κ3) is 11.6. The smallest absolute Gasteiger partial charge is 0.407 e. The molecule has 58 heavy (non-hydrogen) atoms. The highest BCUT2D eigenvalue weighted by molar-refractivity contribution is 7.99. The molecule has 3 aromatic rings. The van der Waals surface area contributed by atoms with Crippen molar-refractivity contribution in [2.45, 2.75) is 115 Å². The summed E-state index contributed by atoms with van der Waals surface area (Å²) in [4.78, 5) is 76.0. The van der Waals surface area contributed by atoms with E-state index in [-0.39, 0.29) is 25.6 Å². The average Bonchev–Trinajstić information content (AvgIpc) is 3.73. The number of carbonyl (C=O) groups excluding carboxylic acids is 6. The van der Waals surface area contributed by atoms with Gasteiger partial charge in [-0.2, -0.15) is 0 Å². The van der Waals surface area contributed by atoms with E-state index in [4.69, 9.17) is 28.4 Å². The van der Waals surface area contributed by atoms with Crippen molar-refractivity contribution < 1.29 is 57.2 Å². The standard InChI is InChI=1S/C40H49N5O12S/c1-8-58-38-36(55-24(4)48)35(54-23(3)47)34(53-22(2)46)32(56-38)20-45-19-25(43-44-45)18-41-37(50)31(17-33(49)57-40(5,6)7)42-39(51)52-21-30-28-15-11-9-13-26(28)27-14-10-12-16-29(27)30/h9-16,19,30-32,34-36,38H,8,17-18,20-21H2,1-7H3,(H,41,50)(H,42,51)/t31-,32?,34+,35?,36?,38-/m0/s1. The average molecular weight is 824 g/mol. The fraction of sp³-hybridized carbons (Fsp3) is 0.500. The summed E-state index contributed by atoms with van der Waals surface area (Å²) in [6, 6.07) is 14.4. The number of nitrogens with zero attached hydrogens (tertiary/aromatic N) is 3. The number of thioether (sulfide) groups is 1. The molecule has 1 saturated heterocycles. The van der Waals surface area contributed by atoms with E-state index in [9.17, 15) is 28.8 Å². The van der Waals surface area contributed by atoms with Gasteiger partial charge < -0.3 is 39.1 Å². The largest absolute Gasteiger partial charge is 0.460 e. The summed E-state index contributed by atoms with van der Waals surface area (Å²) in [7, 11) is 0. The molecule has 0 bridgehead atoms. The lowest BCUT2D eigenvalue weighted by Gasteiger charge is -2.44. The molecular formula is C40H49N5O12S. The first kappa shape index (κ1) is 43.6. The first-order valence-electron chi connectivity index (χ1n) is 18.8. The quantitative estimate of drug-likeness (QED) is 0.165. The van der Waals surface area contributed by atoms with Gasteiger partial charge in [-0.1, -0.05) is 60.7 Å². The molecule has 1 fully saturated rings. The van der Waals surface area contributed by atoms with Gasteiger partial charge in [0.25, 0.3) is 0 Å². The van der Waals surface area contributed by atoms with Crippen molar-refractivity contribution in [1.82, 2.24) is 25.6 Å². The van der Waals surface area contributed by atoms with Crippen LogP contribution in [0.3, 0.4) is 0 Å². The number of benzene rings is 2. The SMILES string of the molecule is CCS[C@@H]1OC(Cn2cc(CNC(=O)[C@H](CC(=O)OC(C)(C)C)NC(=O)OCC3c4ccccc4-c4ccccc43)nn2)[C@@H](OC(C)=O)C(OC(C)=O)C1OC(C)=O. The molecule has 5 rings (SSSR count). The first-order valence-corrected chi connectivity index (χ1v) is 19.9. The molecule has 2 amide bonds. The molecule has 312 valence electrons. The molecule has 1 aliphatic heterocycles. The lowest BCUT2D eigenvalue weighted by Crippen LogP contribution is -2.61. The van der Waals surface area contributed by atoms with Gasteiger partial charge in [-0.05, 0) is 48.8 Å². The summed E-state index contributed by atoms with van der Waals surface area (Å²) >= 11 is 1.31. The molecule has 2 aromatic carbocycles. The van der Waals surface area contributed by atoms with Crippen LogP contribution in [0.25, 0.3) is 11.1 Å². The number of nitrogens with one attached hydrogen (secondary N) is 2. The molecule has 0 spiro atoms. The number of alkyl carbamates (subject to hydrolysis) is 1. The third-order valence-electron chi connectivity index (χ3n) is 8.97. The maximum Gasteiger partial charge on any atom is 0.407 e. The van der Waals surface area contributed by atoms with E-state index in [0.29, 0.717) is 11.4 Å². The van der Waals surface area contributed by atoms with E-state index in [2.05, 4.69) is 20.9 Å². The van der Waals surface area contributed by atoms with Crippen LogP contribution in [0, 0.1) is 0 Å². The minimum absolute atomic E-state index is 0.00330. The Labute approximate surface area is 340 Å². The zero-order valence-corrected chi connectivity index (χ0v) is 34.2. The Kier molecular flexibility index (Phi) is 14.5.